The van der Waals surface area contributed by atoms with Gasteiger partial charge >= 0.3 is 6.03 Å². The summed E-state index contributed by atoms with van der Waals surface area (Å²) in [6, 6.07) is 7.77. The number of amides is 2. The van der Waals surface area contributed by atoms with Gasteiger partial charge in [-0.3, -0.25) is 0 Å². The van der Waals surface area contributed by atoms with Gasteiger partial charge in [0.15, 0.2) is 0 Å². The summed E-state index contributed by atoms with van der Waals surface area (Å²) in [4.78, 5) is 12.0. The Morgan fingerprint density at radius 3 is 2.92 bits per heavy atom. The second-order valence-electron chi connectivity index (χ2n) is 6.71. The number of urea groups is 1. The summed E-state index contributed by atoms with van der Waals surface area (Å²) >= 11 is 0. The van der Waals surface area contributed by atoms with Crippen molar-refractivity contribution in [3.8, 4) is 5.69 Å². The summed E-state index contributed by atoms with van der Waals surface area (Å²) in [7, 11) is 0. The topological polar surface area (TPSA) is 79.2 Å². The van der Waals surface area contributed by atoms with Gasteiger partial charge in [0.1, 0.15) is 5.82 Å². The van der Waals surface area contributed by atoms with Crippen molar-refractivity contribution in [2.45, 2.75) is 31.7 Å². The highest BCUT2D eigenvalue weighted by Crippen LogP contribution is 2.39. The molecule has 1 aliphatic carbocycles. The zero-order valence-electron chi connectivity index (χ0n) is 14.2. The number of rotatable bonds is 7. The highest BCUT2D eigenvalue weighted by atomic mass is 19.1. The van der Waals surface area contributed by atoms with Gasteiger partial charge in [-0.15, -0.1) is 0 Å². The van der Waals surface area contributed by atoms with Crippen LogP contribution in [-0.2, 0) is 6.42 Å². The van der Waals surface area contributed by atoms with E-state index in [9.17, 15) is 14.3 Å². The monoisotopic (exact) mass is 346 g/mol. The van der Waals surface area contributed by atoms with Crippen molar-refractivity contribution in [2.75, 3.05) is 13.2 Å². The number of hydrogen-bond acceptors (Lipinski definition) is 3. The number of hydrogen-bond donors (Lipinski definition) is 3. The third-order valence-electron chi connectivity index (χ3n) is 4.59. The molecule has 1 fully saturated rings. The lowest BCUT2D eigenvalue weighted by Crippen LogP contribution is -2.54. The normalized spacial score (nSPS) is 16.3. The van der Waals surface area contributed by atoms with E-state index in [1.54, 1.807) is 23.0 Å². The standard InChI is InChI=1S/C18H23FN4O2/c1-18(12-24,13-5-6-13)21-17(25)20-9-7-15-8-10-23(22-15)16-4-2-3-14(19)11-16/h2-4,8,10-11,13,24H,5-7,9,12H2,1H3,(H2,20,21,25). The average molecular weight is 346 g/mol. The number of nitrogens with zero attached hydrogens (tertiary/aromatic N) is 2. The van der Waals surface area contributed by atoms with Crippen molar-refractivity contribution in [3.63, 3.8) is 0 Å². The van der Waals surface area contributed by atoms with E-state index in [0.29, 0.717) is 24.6 Å². The number of aliphatic hydroxyl groups is 1. The SMILES string of the molecule is CC(CO)(NC(=O)NCCc1ccn(-c2cccc(F)c2)n1)C1CC1. The molecular formula is C18H23FN4O2. The quantitative estimate of drug-likeness (QED) is 0.718. The molecule has 0 aliphatic heterocycles. The molecule has 25 heavy (non-hydrogen) atoms. The number of aromatic nitrogens is 2. The van der Waals surface area contributed by atoms with Gasteiger partial charge in [0.2, 0.25) is 0 Å². The fourth-order valence-corrected chi connectivity index (χ4v) is 2.86. The maximum absolute atomic E-state index is 13.3. The Labute approximate surface area is 146 Å². The highest BCUT2D eigenvalue weighted by molar-refractivity contribution is 5.74. The number of carbonyl (C=O) groups is 1. The first-order valence-corrected chi connectivity index (χ1v) is 8.47. The van der Waals surface area contributed by atoms with Gasteiger partial charge < -0.3 is 15.7 Å². The summed E-state index contributed by atoms with van der Waals surface area (Å²) in [5.41, 5.74) is 0.903. The number of halogens is 1. The first-order chi connectivity index (χ1) is 12.0. The first kappa shape index (κ1) is 17.4. The van der Waals surface area contributed by atoms with Crippen LogP contribution in [0.25, 0.3) is 5.69 Å². The molecular weight excluding hydrogens is 323 g/mol. The lowest BCUT2D eigenvalue weighted by molar-refractivity contribution is 0.155. The highest BCUT2D eigenvalue weighted by Gasteiger charge is 2.42. The van der Waals surface area contributed by atoms with Crippen LogP contribution < -0.4 is 10.6 Å². The maximum atomic E-state index is 13.3. The van der Waals surface area contributed by atoms with E-state index < -0.39 is 5.54 Å². The van der Waals surface area contributed by atoms with Gasteiger partial charge in [-0.25, -0.2) is 13.9 Å². The molecule has 1 atom stereocenters. The summed E-state index contributed by atoms with van der Waals surface area (Å²) in [6.45, 7) is 2.23. The van der Waals surface area contributed by atoms with Crippen LogP contribution in [0.4, 0.5) is 9.18 Å². The zero-order chi connectivity index (χ0) is 17.9. The molecule has 0 bridgehead atoms. The van der Waals surface area contributed by atoms with Gasteiger partial charge in [-0.05, 0) is 49.9 Å². The van der Waals surface area contributed by atoms with E-state index in [1.807, 2.05) is 13.0 Å². The maximum Gasteiger partial charge on any atom is 0.315 e. The van der Waals surface area contributed by atoms with Crippen LogP contribution >= 0.6 is 0 Å². The second-order valence-corrected chi connectivity index (χ2v) is 6.71. The van der Waals surface area contributed by atoms with E-state index >= 15 is 0 Å². The summed E-state index contributed by atoms with van der Waals surface area (Å²) in [5.74, 6) is 0.0423. The van der Waals surface area contributed by atoms with Crippen LogP contribution in [0.5, 0.6) is 0 Å². The predicted octanol–water partition coefficient (Wildman–Crippen LogP) is 2.01. The van der Waals surface area contributed by atoms with Crippen molar-refractivity contribution in [3.05, 3.63) is 48.0 Å². The van der Waals surface area contributed by atoms with E-state index in [-0.39, 0.29) is 18.5 Å². The molecule has 7 heteroatoms. The molecule has 3 rings (SSSR count). The third-order valence-corrected chi connectivity index (χ3v) is 4.59. The Balaban J connectivity index is 1.48. The van der Waals surface area contributed by atoms with Crippen LogP contribution in [0.1, 0.15) is 25.5 Å². The van der Waals surface area contributed by atoms with Crippen molar-refractivity contribution in [2.24, 2.45) is 5.92 Å². The zero-order valence-corrected chi connectivity index (χ0v) is 14.2. The van der Waals surface area contributed by atoms with Crippen LogP contribution in [0.2, 0.25) is 0 Å². The molecule has 1 saturated carbocycles. The number of carbonyl (C=O) groups excluding carboxylic acids is 1. The summed E-state index contributed by atoms with van der Waals surface area (Å²) in [6.07, 6.45) is 4.40. The van der Waals surface area contributed by atoms with E-state index in [1.165, 1.54) is 12.1 Å². The molecule has 1 unspecified atom stereocenters. The van der Waals surface area contributed by atoms with Crippen LogP contribution in [-0.4, -0.2) is 39.6 Å². The molecule has 0 radical (unpaired) electrons. The molecule has 134 valence electrons. The van der Waals surface area contributed by atoms with Gasteiger partial charge in [-0.2, -0.15) is 5.10 Å². The van der Waals surface area contributed by atoms with Crippen molar-refractivity contribution in [1.29, 1.82) is 0 Å². The Hall–Kier alpha value is -2.41. The van der Waals surface area contributed by atoms with Crippen LogP contribution in [0.3, 0.4) is 0 Å². The van der Waals surface area contributed by atoms with Crippen LogP contribution in [0, 0.1) is 11.7 Å². The largest absolute Gasteiger partial charge is 0.394 e. The Morgan fingerprint density at radius 1 is 1.44 bits per heavy atom. The van der Waals surface area contributed by atoms with Gasteiger partial charge in [0.05, 0.1) is 23.5 Å². The minimum Gasteiger partial charge on any atom is -0.394 e. The van der Waals surface area contributed by atoms with Gasteiger partial charge in [0.25, 0.3) is 0 Å². The van der Waals surface area contributed by atoms with Crippen molar-refractivity contribution < 1.29 is 14.3 Å². The third kappa shape index (κ3) is 4.36. The molecule has 1 heterocycles. The molecule has 1 aliphatic rings. The van der Waals surface area contributed by atoms with Crippen LogP contribution in [0.15, 0.2) is 36.5 Å². The lowest BCUT2D eigenvalue weighted by atomic mass is 9.97. The molecule has 1 aromatic heterocycles. The van der Waals surface area contributed by atoms with E-state index in [2.05, 4.69) is 15.7 Å². The fourth-order valence-electron chi connectivity index (χ4n) is 2.86. The lowest BCUT2D eigenvalue weighted by Gasteiger charge is -2.28. The fraction of sp³-hybridized carbons (Fsp3) is 0.444. The Kier molecular flexibility index (Phi) is 5.03. The molecule has 2 amide bonds. The van der Waals surface area contributed by atoms with E-state index in [0.717, 1.165) is 18.5 Å². The number of aliphatic hydroxyl groups excluding tert-OH is 1. The minimum atomic E-state index is -0.553. The Morgan fingerprint density at radius 2 is 2.24 bits per heavy atom. The molecule has 0 saturated heterocycles. The molecule has 3 N–H and O–H groups in total. The number of nitrogens with one attached hydrogen (secondary N) is 2. The minimum absolute atomic E-state index is 0.0663. The smallest absolute Gasteiger partial charge is 0.315 e. The number of benzene rings is 1. The molecule has 2 aromatic rings. The van der Waals surface area contributed by atoms with Gasteiger partial charge in [0, 0.05) is 19.2 Å². The second kappa shape index (κ2) is 7.23. The molecule has 6 nitrogen and oxygen atoms in total. The first-order valence-electron chi connectivity index (χ1n) is 8.47. The summed E-state index contributed by atoms with van der Waals surface area (Å²) in [5, 5.41) is 19.5. The Bertz CT molecular complexity index is 744. The molecule has 0 spiro atoms. The average Bonchev–Trinajstić information content (AvgIpc) is 3.35. The van der Waals surface area contributed by atoms with Gasteiger partial charge in [-0.1, -0.05) is 6.07 Å². The predicted molar refractivity (Wildman–Crippen MR) is 92.0 cm³/mol. The molecule has 1 aromatic carbocycles. The summed E-state index contributed by atoms with van der Waals surface area (Å²) < 4.78 is 14.9. The van der Waals surface area contributed by atoms with Crippen molar-refractivity contribution >= 4 is 6.03 Å². The van der Waals surface area contributed by atoms with Crippen molar-refractivity contribution in [1.82, 2.24) is 20.4 Å². The van der Waals surface area contributed by atoms with E-state index in [4.69, 9.17) is 0 Å².